The van der Waals surface area contributed by atoms with Crippen molar-refractivity contribution in [3.63, 3.8) is 0 Å². The van der Waals surface area contributed by atoms with Crippen LogP contribution in [0.1, 0.15) is 66.7 Å². The molecular formula is C26H28F6. The van der Waals surface area contributed by atoms with E-state index in [1.807, 2.05) is 6.92 Å². The van der Waals surface area contributed by atoms with Crippen LogP contribution >= 0.6 is 0 Å². The first-order valence-corrected chi connectivity index (χ1v) is 11.1. The van der Waals surface area contributed by atoms with E-state index in [-0.39, 0.29) is 18.4 Å². The van der Waals surface area contributed by atoms with Crippen LogP contribution in [-0.4, -0.2) is 6.18 Å². The largest absolute Gasteiger partial charge is 0.442 e. The molecule has 0 N–H and O–H groups in total. The molecule has 0 spiro atoms. The van der Waals surface area contributed by atoms with Crippen molar-refractivity contribution in [1.82, 2.24) is 0 Å². The van der Waals surface area contributed by atoms with Crippen LogP contribution in [0.5, 0.6) is 0 Å². The van der Waals surface area contributed by atoms with Crippen LogP contribution in [0, 0.1) is 24.5 Å². The molecule has 0 nitrogen and oxygen atoms in total. The molecule has 1 aliphatic rings. The fraction of sp³-hybridized carbons (Fsp3) is 0.462. The zero-order valence-electron chi connectivity index (χ0n) is 18.1. The van der Waals surface area contributed by atoms with Gasteiger partial charge >= 0.3 is 6.18 Å². The summed E-state index contributed by atoms with van der Waals surface area (Å²) in [4.78, 5) is 0. The van der Waals surface area contributed by atoms with Gasteiger partial charge in [0.1, 0.15) is 11.6 Å². The van der Waals surface area contributed by atoms with E-state index in [2.05, 4.69) is 24.3 Å². The Morgan fingerprint density at radius 1 is 0.875 bits per heavy atom. The van der Waals surface area contributed by atoms with Crippen molar-refractivity contribution in [1.29, 1.82) is 0 Å². The van der Waals surface area contributed by atoms with Gasteiger partial charge in [0.05, 0.1) is 0 Å². The molecule has 1 fully saturated rings. The molecule has 3 rings (SSSR count). The third-order valence-electron chi connectivity index (χ3n) is 6.27. The lowest BCUT2D eigenvalue weighted by molar-refractivity contribution is -0.109. The van der Waals surface area contributed by atoms with E-state index < -0.39 is 35.5 Å². The molecule has 32 heavy (non-hydrogen) atoms. The van der Waals surface area contributed by atoms with Crippen molar-refractivity contribution in [3.8, 4) is 0 Å². The van der Waals surface area contributed by atoms with Gasteiger partial charge in [-0.25, -0.2) is 13.2 Å². The third-order valence-corrected chi connectivity index (χ3v) is 6.27. The number of benzene rings is 2. The van der Waals surface area contributed by atoms with Crippen LogP contribution < -0.4 is 0 Å². The molecule has 0 saturated heterocycles. The van der Waals surface area contributed by atoms with Gasteiger partial charge in [-0.2, -0.15) is 13.2 Å². The van der Waals surface area contributed by atoms with E-state index in [0.717, 1.165) is 19.3 Å². The van der Waals surface area contributed by atoms with Gasteiger partial charge in [-0.15, -0.1) is 0 Å². The van der Waals surface area contributed by atoms with Gasteiger partial charge in [-0.3, -0.25) is 0 Å². The van der Waals surface area contributed by atoms with Gasteiger partial charge < -0.3 is 0 Å². The van der Waals surface area contributed by atoms with Gasteiger partial charge in [0.25, 0.3) is 0 Å². The molecule has 174 valence electrons. The molecule has 0 aliphatic heterocycles. The normalized spacial score (nSPS) is 19.9. The summed E-state index contributed by atoms with van der Waals surface area (Å²) in [5.74, 6) is -4.25. The predicted octanol–water partition coefficient (Wildman–Crippen LogP) is 8.53. The minimum atomic E-state index is -4.98. The average molecular weight is 454 g/mol. The van der Waals surface area contributed by atoms with E-state index in [4.69, 9.17) is 0 Å². The van der Waals surface area contributed by atoms with E-state index in [0.29, 0.717) is 30.9 Å². The highest BCUT2D eigenvalue weighted by atomic mass is 19.4. The van der Waals surface area contributed by atoms with Crippen molar-refractivity contribution in [2.45, 2.75) is 70.4 Å². The number of unbranched alkanes of at least 4 members (excludes halogenated alkanes) is 1. The highest BCUT2D eigenvalue weighted by molar-refractivity contribution is 5.30. The standard InChI is InChI=1S/C26H28F6/c1-17-6-8-18(9-7-17)4-2-3-5-20-14-22(27)25(23(28)15-20)21-12-10-19(11-13-21)16-24(29)26(30,31)32/h6-9,14-16,19,21H,2-5,10-13H2,1H3. The van der Waals surface area contributed by atoms with Crippen molar-refractivity contribution < 1.29 is 26.3 Å². The summed E-state index contributed by atoms with van der Waals surface area (Å²) in [6, 6.07) is 11.1. The van der Waals surface area contributed by atoms with Crippen LogP contribution in [0.25, 0.3) is 0 Å². The monoisotopic (exact) mass is 454 g/mol. The van der Waals surface area contributed by atoms with E-state index in [9.17, 15) is 26.3 Å². The summed E-state index contributed by atoms with van der Waals surface area (Å²) in [5.41, 5.74) is 3.06. The van der Waals surface area contributed by atoms with E-state index >= 15 is 0 Å². The van der Waals surface area contributed by atoms with Crippen LogP contribution in [-0.2, 0) is 12.8 Å². The highest BCUT2D eigenvalue weighted by Crippen LogP contribution is 2.40. The summed E-state index contributed by atoms with van der Waals surface area (Å²) in [5, 5.41) is 0. The SMILES string of the molecule is Cc1ccc(CCCCc2cc(F)c(C3CCC(C=C(F)C(F)(F)F)CC3)c(F)c2)cc1. The predicted molar refractivity (Wildman–Crippen MR) is 114 cm³/mol. The maximum absolute atomic E-state index is 14.7. The summed E-state index contributed by atoms with van der Waals surface area (Å²) >= 11 is 0. The molecule has 1 aliphatic carbocycles. The Morgan fingerprint density at radius 2 is 1.41 bits per heavy atom. The lowest BCUT2D eigenvalue weighted by Gasteiger charge is -2.28. The topological polar surface area (TPSA) is 0 Å². The minimum absolute atomic E-state index is 0.00660. The molecule has 0 aromatic heterocycles. The van der Waals surface area contributed by atoms with Crippen molar-refractivity contribution in [3.05, 3.63) is 82.2 Å². The quantitative estimate of drug-likeness (QED) is 0.290. The average Bonchev–Trinajstić information content (AvgIpc) is 2.72. The number of rotatable bonds is 7. The second kappa shape index (κ2) is 10.6. The van der Waals surface area contributed by atoms with E-state index in [1.54, 1.807) is 0 Å². The highest BCUT2D eigenvalue weighted by Gasteiger charge is 2.36. The lowest BCUT2D eigenvalue weighted by Crippen LogP contribution is -2.16. The number of allylic oxidation sites excluding steroid dienone is 2. The Balaban J connectivity index is 1.54. The minimum Gasteiger partial charge on any atom is -0.207 e. The fourth-order valence-electron chi connectivity index (χ4n) is 4.46. The summed E-state index contributed by atoms with van der Waals surface area (Å²) < 4.78 is 79.6. The third kappa shape index (κ3) is 6.63. The molecule has 0 atom stereocenters. The van der Waals surface area contributed by atoms with Crippen molar-refractivity contribution >= 4 is 0 Å². The first-order chi connectivity index (χ1) is 15.1. The Hall–Kier alpha value is -2.24. The number of alkyl halides is 3. The second-order valence-electron chi connectivity index (χ2n) is 8.79. The molecule has 0 unspecified atom stereocenters. The maximum atomic E-state index is 14.7. The number of halogens is 6. The smallest absolute Gasteiger partial charge is 0.207 e. The molecule has 0 heterocycles. The fourth-order valence-corrected chi connectivity index (χ4v) is 4.46. The lowest BCUT2D eigenvalue weighted by atomic mass is 9.78. The Bertz CT molecular complexity index is 895. The Kier molecular flexibility index (Phi) is 8.07. The van der Waals surface area contributed by atoms with Crippen LogP contribution in [0.4, 0.5) is 26.3 Å². The first kappa shape index (κ1) is 24.4. The molecule has 0 bridgehead atoms. The van der Waals surface area contributed by atoms with Gasteiger partial charge in [-0.1, -0.05) is 29.8 Å². The molecule has 1 saturated carbocycles. The molecule has 2 aromatic rings. The van der Waals surface area contributed by atoms with Crippen molar-refractivity contribution in [2.24, 2.45) is 5.92 Å². The summed E-state index contributed by atoms with van der Waals surface area (Å²) in [6.07, 6.45) is 0.0416. The zero-order chi connectivity index (χ0) is 23.3. The van der Waals surface area contributed by atoms with E-state index in [1.165, 1.54) is 23.3 Å². The molecule has 6 heteroatoms. The number of hydrogen-bond donors (Lipinski definition) is 0. The molecule has 0 amide bonds. The number of aryl methyl sites for hydroxylation is 3. The van der Waals surface area contributed by atoms with Gasteiger partial charge in [0, 0.05) is 5.56 Å². The van der Waals surface area contributed by atoms with Crippen LogP contribution in [0.2, 0.25) is 0 Å². The Morgan fingerprint density at radius 3 is 1.94 bits per heavy atom. The maximum Gasteiger partial charge on any atom is 0.442 e. The molecule has 2 aromatic carbocycles. The number of hydrogen-bond acceptors (Lipinski definition) is 0. The van der Waals surface area contributed by atoms with Gasteiger partial charge in [0.15, 0.2) is 5.83 Å². The van der Waals surface area contributed by atoms with Gasteiger partial charge in [-0.05, 0) is 99.5 Å². The van der Waals surface area contributed by atoms with Crippen LogP contribution in [0.15, 0.2) is 48.3 Å². The molecule has 0 radical (unpaired) electrons. The first-order valence-electron chi connectivity index (χ1n) is 11.1. The zero-order valence-corrected chi connectivity index (χ0v) is 18.1. The summed E-state index contributed by atoms with van der Waals surface area (Å²) in [6.45, 7) is 2.03. The van der Waals surface area contributed by atoms with Crippen molar-refractivity contribution in [2.75, 3.05) is 0 Å². The second-order valence-corrected chi connectivity index (χ2v) is 8.79. The van der Waals surface area contributed by atoms with Crippen LogP contribution in [0.3, 0.4) is 0 Å². The Labute approximate surface area is 185 Å². The molecular weight excluding hydrogens is 426 g/mol. The summed E-state index contributed by atoms with van der Waals surface area (Å²) in [7, 11) is 0. The van der Waals surface area contributed by atoms with Gasteiger partial charge in [0.2, 0.25) is 0 Å².